The highest BCUT2D eigenvalue weighted by Crippen LogP contribution is 2.29. The molecule has 2 N–H and O–H groups in total. The zero-order chi connectivity index (χ0) is 11.6. The van der Waals surface area contributed by atoms with E-state index < -0.39 is 0 Å². The Morgan fingerprint density at radius 2 is 2.19 bits per heavy atom. The smallest absolute Gasteiger partial charge is 0.0613 e. The lowest BCUT2D eigenvalue weighted by molar-refractivity contribution is 0.163. The standard InChI is InChI=1S/C12H21N3O/c1-10-11(8-14-15(10)2)7-13-12(9-16)5-3-4-6-12/h8,13,16H,3-7,9H2,1-2H3. The summed E-state index contributed by atoms with van der Waals surface area (Å²) in [6, 6.07) is 0. The van der Waals surface area contributed by atoms with Crippen LogP contribution in [0.1, 0.15) is 36.9 Å². The van der Waals surface area contributed by atoms with Gasteiger partial charge in [-0.15, -0.1) is 0 Å². The first-order valence-electron chi connectivity index (χ1n) is 6.00. The van der Waals surface area contributed by atoms with Gasteiger partial charge in [-0.25, -0.2) is 0 Å². The number of hydrogen-bond donors (Lipinski definition) is 2. The quantitative estimate of drug-likeness (QED) is 0.804. The topological polar surface area (TPSA) is 50.1 Å². The van der Waals surface area contributed by atoms with Crippen LogP contribution in [0.15, 0.2) is 6.20 Å². The van der Waals surface area contributed by atoms with Crippen LogP contribution in [-0.4, -0.2) is 27.0 Å². The summed E-state index contributed by atoms with van der Waals surface area (Å²) in [5.74, 6) is 0. The molecule has 0 amide bonds. The Labute approximate surface area is 96.7 Å². The van der Waals surface area contributed by atoms with Crippen molar-refractivity contribution in [2.75, 3.05) is 6.61 Å². The summed E-state index contributed by atoms with van der Waals surface area (Å²) >= 11 is 0. The summed E-state index contributed by atoms with van der Waals surface area (Å²) in [5.41, 5.74) is 2.38. The van der Waals surface area contributed by atoms with Gasteiger partial charge in [0.25, 0.3) is 0 Å². The Kier molecular flexibility index (Phi) is 3.30. The van der Waals surface area contributed by atoms with E-state index in [2.05, 4.69) is 17.3 Å². The summed E-state index contributed by atoms with van der Waals surface area (Å²) in [7, 11) is 1.95. The van der Waals surface area contributed by atoms with Crippen LogP contribution in [0.4, 0.5) is 0 Å². The van der Waals surface area contributed by atoms with Crippen molar-refractivity contribution in [1.29, 1.82) is 0 Å². The lowest BCUT2D eigenvalue weighted by atomic mass is 9.98. The molecule has 0 aliphatic heterocycles. The van der Waals surface area contributed by atoms with Crippen LogP contribution >= 0.6 is 0 Å². The molecule has 1 aliphatic rings. The SMILES string of the molecule is Cc1c(CNC2(CO)CCCC2)cnn1C. The lowest BCUT2D eigenvalue weighted by Gasteiger charge is -2.28. The first kappa shape index (κ1) is 11.6. The van der Waals surface area contributed by atoms with Crippen molar-refractivity contribution in [1.82, 2.24) is 15.1 Å². The summed E-state index contributed by atoms with van der Waals surface area (Å²) < 4.78 is 1.89. The van der Waals surface area contributed by atoms with Crippen LogP contribution < -0.4 is 5.32 Å². The molecule has 1 saturated carbocycles. The minimum atomic E-state index is -0.0394. The van der Waals surface area contributed by atoms with E-state index in [1.54, 1.807) is 0 Å². The van der Waals surface area contributed by atoms with Gasteiger partial charge in [0.1, 0.15) is 0 Å². The molecule has 0 spiro atoms. The second-order valence-corrected chi connectivity index (χ2v) is 4.88. The third-order valence-corrected chi connectivity index (χ3v) is 3.85. The third-order valence-electron chi connectivity index (χ3n) is 3.85. The summed E-state index contributed by atoms with van der Waals surface area (Å²) in [6.45, 7) is 3.12. The molecule has 0 unspecified atom stereocenters. The highest BCUT2D eigenvalue weighted by molar-refractivity contribution is 5.16. The predicted molar refractivity (Wildman–Crippen MR) is 63.1 cm³/mol. The Bertz CT molecular complexity index is 353. The summed E-state index contributed by atoms with van der Waals surface area (Å²) in [4.78, 5) is 0. The molecule has 1 aromatic rings. The first-order chi connectivity index (χ1) is 7.67. The minimum absolute atomic E-state index is 0.0394. The van der Waals surface area contributed by atoms with Gasteiger partial charge in [-0.3, -0.25) is 4.68 Å². The van der Waals surface area contributed by atoms with Crippen LogP contribution in [0.2, 0.25) is 0 Å². The molecule has 16 heavy (non-hydrogen) atoms. The van der Waals surface area contributed by atoms with Gasteiger partial charge in [0.15, 0.2) is 0 Å². The van der Waals surface area contributed by atoms with Crippen molar-refractivity contribution in [2.24, 2.45) is 7.05 Å². The van der Waals surface area contributed by atoms with Gasteiger partial charge >= 0.3 is 0 Å². The number of hydrogen-bond acceptors (Lipinski definition) is 3. The Morgan fingerprint density at radius 1 is 1.50 bits per heavy atom. The molecule has 4 nitrogen and oxygen atoms in total. The van der Waals surface area contributed by atoms with Crippen molar-refractivity contribution < 1.29 is 5.11 Å². The molecule has 1 heterocycles. The van der Waals surface area contributed by atoms with E-state index in [1.807, 2.05) is 17.9 Å². The second kappa shape index (κ2) is 4.55. The van der Waals surface area contributed by atoms with Crippen molar-refractivity contribution in [3.63, 3.8) is 0 Å². The van der Waals surface area contributed by atoms with Crippen molar-refractivity contribution in [3.05, 3.63) is 17.5 Å². The number of aryl methyl sites for hydroxylation is 1. The molecular weight excluding hydrogens is 202 g/mol. The lowest BCUT2D eigenvalue weighted by Crippen LogP contribution is -2.45. The molecular formula is C12H21N3O. The van der Waals surface area contributed by atoms with Crippen LogP contribution in [-0.2, 0) is 13.6 Å². The Hall–Kier alpha value is -0.870. The molecule has 0 bridgehead atoms. The van der Waals surface area contributed by atoms with Gasteiger partial charge < -0.3 is 10.4 Å². The monoisotopic (exact) mass is 223 g/mol. The maximum atomic E-state index is 9.49. The molecule has 1 aliphatic carbocycles. The number of aliphatic hydroxyl groups is 1. The Morgan fingerprint density at radius 3 is 2.69 bits per heavy atom. The number of nitrogens with one attached hydrogen (secondary N) is 1. The molecule has 4 heteroatoms. The molecule has 0 aromatic carbocycles. The summed E-state index contributed by atoms with van der Waals surface area (Å²) in [5, 5.41) is 17.2. The van der Waals surface area contributed by atoms with E-state index >= 15 is 0 Å². The van der Waals surface area contributed by atoms with Gasteiger partial charge in [-0.1, -0.05) is 12.8 Å². The first-order valence-corrected chi connectivity index (χ1v) is 6.00. The highest BCUT2D eigenvalue weighted by Gasteiger charge is 2.32. The fraction of sp³-hybridized carbons (Fsp3) is 0.750. The van der Waals surface area contributed by atoms with E-state index in [-0.39, 0.29) is 12.1 Å². The van der Waals surface area contributed by atoms with Crippen molar-refractivity contribution >= 4 is 0 Å². The van der Waals surface area contributed by atoms with Crippen LogP contribution in [0.5, 0.6) is 0 Å². The number of rotatable bonds is 4. The molecule has 0 radical (unpaired) electrons. The van der Waals surface area contributed by atoms with Crippen molar-refractivity contribution in [3.8, 4) is 0 Å². The number of aliphatic hydroxyl groups excluding tert-OH is 1. The molecule has 0 atom stereocenters. The van der Waals surface area contributed by atoms with E-state index in [4.69, 9.17) is 0 Å². The maximum absolute atomic E-state index is 9.49. The molecule has 90 valence electrons. The normalized spacial score (nSPS) is 19.2. The van der Waals surface area contributed by atoms with Crippen LogP contribution in [0, 0.1) is 6.92 Å². The van der Waals surface area contributed by atoms with Crippen LogP contribution in [0.3, 0.4) is 0 Å². The third kappa shape index (κ3) is 2.13. The average Bonchev–Trinajstić information content (AvgIpc) is 2.87. The fourth-order valence-electron chi connectivity index (χ4n) is 2.44. The maximum Gasteiger partial charge on any atom is 0.0613 e. The Balaban J connectivity index is 1.98. The average molecular weight is 223 g/mol. The largest absolute Gasteiger partial charge is 0.394 e. The van der Waals surface area contributed by atoms with E-state index in [9.17, 15) is 5.11 Å². The fourth-order valence-corrected chi connectivity index (χ4v) is 2.44. The van der Waals surface area contributed by atoms with Gasteiger partial charge in [0, 0.05) is 30.4 Å². The molecule has 0 saturated heterocycles. The molecule has 2 rings (SSSR count). The highest BCUT2D eigenvalue weighted by atomic mass is 16.3. The van der Waals surface area contributed by atoms with Gasteiger partial charge in [0.05, 0.1) is 12.8 Å². The summed E-state index contributed by atoms with van der Waals surface area (Å²) in [6.07, 6.45) is 6.52. The van der Waals surface area contributed by atoms with E-state index in [0.29, 0.717) is 0 Å². The van der Waals surface area contributed by atoms with Gasteiger partial charge in [-0.05, 0) is 19.8 Å². The zero-order valence-electron chi connectivity index (χ0n) is 10.2. The predicted octanol–water partition coefficient (Wildman–Crippen LogP) is 1.12. The number of nitrogens with zero attached hydrogens (tertiary/aromatic N) is 2. The van der Waals surface area contributed by atoms with E-state index in [0.717, 1.165) is 19.4 Å². The minimum Gasteiger partial charge on any atom is -0.394 e. The van der Waals surface area contributed by atoms with Crippen LogP contribution in [0.25, 0.3) is 0 Å². The number of aromatic nitrogens is 2. The zero-order valence-corrected chi connectivity index (χ0v) is 10.2. The second-order valence-electron chi connectivity index (χ2n) is 4.88. The molecule has 1 aromatic heterocycles. The van der Waals surface area contributed by atoms with Crippen molar-refractivity contribution in [2.45, 2.75) is 44.7 Å². The van der Waals surface area contributed by atoms with Gasteiger partial charge in [-0.2, -0.15) is 5.10 Å². The molecule has 1 fully saturated rings. The van der Waals surface area contributed by atoms with Gasteiger partial charge in [0.2, 0.25) is 0 Å². The van der Waals surface area contributed by atoms with E-state index in [1.165, 1.54) is 24.1 Å².